The van der Waals surface area contributed by atoms with Crippen LogP contribution in [0.5, 0.6) is 0 Å². The van der Waals surface area contributed by atoms with Crippen LogP contribution in [0, 0.1) is 40.4 Å². The lowest BCUT2D eigenvalue weighted by molar-refractivity contribution is -0.117. The second kappa shape index (κ2) is 5.69. The zero-order valence-electron chi connectivity index (χ0n) is 15.7. The van der Waals surface area contributed by atoms with Crippen LogP contribution in [-0.2, 0) is 4.79 Å². The maximum atomic E-state index is 11.9. The summed E-state index contributed by atoms with van der Waals surface area (Å²) in [6.45, 7) is 7.59. The van der Waals surface area contributed by atoms with E-state index in [0.29, 0.717) is 35.1 Å². The van der Waals surface area contributed by atoms with E-state index in [1.807, 2.05) is 6.08 Å². The lowest BCUT2D eigenvalue weighted by atomic mass is 9.46. The largest absolute Gasteiger partial charge is 0.396 e. The van der Waals surface area contributed by atoms with Crippen LogP contribution in [-0.4, -0.2) is 17.5 Å². The standard InChI is InChI=1S/C22H34O2/c1-14(13-23)18-6-7-19-17-5-4-15-12-16(24)8-10-21(15,2)20(17)9-11-22(18,19)3/h12,14,17-20,23H,4-11,13H2,1-3H3/t14?,17?,18?,19?,20?,21-,22+/m0/s1. The van der Waals surface area contributed by atoms with E-state index in [2.05, 4.69) is 20.8 Å². The van der Waals surface area contributed by atoms with E-state index < -0.39 is 0 Å². The molecule has 4 aliphatic rings. The number of aliphatic hydroxyl groups is 1. The zero-order chi connectivity index (χ0) is 17.1. The van der Waals surface area contributed by atoms with Crippen LogP contribution in [0.2, 0.25) is 0 Å². The van der Waals surface area contributed by atoms with Crippen LogP contribution < -0.4 is 0 Å². The van der Waals surface area contributed by atoms with Crippen LogP contribution in [0.4, 0.5) is 0 Å². The highest BCUT2D eigenvalue weighted by Crippen LogP contribution is 2.67. The molecular weight excluding hydrogens is 296 g/mol. The van der Waals surface area contributed by atoms with Crippen molar-refractivity contribution >= 4 is 5.78 Å². The smallest absolute Gasteiger partial charge is 0.155 e. The fraction of sp³-hybridized carbons (Fsp3) is 0.864. The minimum absolute atomic E-state index is 0.291. The van der Waals surface area contributed by atoms with E-state index >= 15 is 0 Å². The van der Waals surface area contributed by atoms with Gasteiger partial charge in [0.25, 0.3) is 0 Å². The molecule has 0 aromatic carbocycles. The molecule has 0 aromatic rings. The number of rotatable bonds is 2. The molecule has 0 saturated heterocycles. The molecule has 4 aliphatic carbocycles. The van der Waals surface area contributed by atoms with Crippen molar-refractivity contribution in [3.63, 3.8) is 0 Å². The van der Waals surface area contributed by atoms with E-state index in [-0.39, 0.29) is 0 Å². The minimum Gasteiger partial charge on any atom is -0.396 e. The lowest BCUT2D eigenvalue weighted by Crippen LogP contribution is -2.51. The van der Waals surface area contributed by atoms with Crippen LogP contribution in [0.15, 0.2) is 11.6 Å². The molecule has 0 heterocycles. The molecule has 0 spiro atoms. The van der Waals surface area contributed by atoms with Crippen LogP contribution in [0.3, 0.4) is 0 Å². The summed E-state index contributed by atoms with van der Waals surface area (Å²) in [4.78, 5) is 11.9. The molecule has 0 aromatic heterocycles. The van der Waals surface area contributed by atoms with E-state index in [1.165, 1.54) is 37.7 Å². The Hall–Kier alpha value is -0.630. The number of carbonyl (C=O) groups is 1. The Labute approximate surface area is 147 Å². The van der Waals surface area contributed by atoms with Crippen LogP contribution in [0.25, 0.3) is 0 Å². The van der Waals surface area contributed by atoms with Gasteiger partial charge in [-0.2, -0.15) is 0 Å². The Morgan fingerprint density at radius 3 is 2.67 bits per heavy atom. The number of hydrogen-bond donors (Lipinski definition) is 1. The first-order valence-electron chi connectivity index (χ1n) is 10.2. The highest BCUT2D eigenvalue weighted by atomic mass is 16.3. The fourth-order valence-electron chi connectivity index (χ4n) is 7.66. The SMILES string of the molecule is CC(CO)C1CCC2C3CCC4=CC(=O)CC[C@]4(C)C3CC[C@]12C. The minimum atomic E-state index is 0.291. The highest BCUT2D eigenvalue weighted by Gasteiger charge is 2.59. The summed E-state index contributed by atoms with van der Waals surface area (Å²) in [7, 11) is 0. The quantitative estimate of drug-likeness (QED) is 0.792. The van der Waals surface area contributed by atoms with Gasteiger partial charge in [0.2, 0.25) is 0 Å². The Bertz CT molecular complexity index is 564. The molecule has 2 heteroatoms. The van der Waals surface area contributed by atoms with Crippen LogP contribution >= 0.6 is 0 Å². The number of allylic oxidation sites excluding steroid dienone is 1. The second-order valence-electron chi connectivity index (χ2n) is 9.86. The molecule has 0 radical (unpaired) electrons. The van der Waals surface area contributed by atoms with Gasteiger partial charge < -0.3 is 5.11 Å². The van der Waals surface area contributed by atoms with E-state index in [9.17, 15) is 9.90 Å². The van der Waals surface area contributed by atoms with Gasteiger partial charge in [0.05, 0.1) is 0 Å². The van der Waals surface area contributed by atoms with Gasteiger partial charge in [-0.3, -0.25) is 4.79 Å². The second-order valence-corrected chi connectivity index (χ2v) is 9.86. The lowest BCUT2D eigenvalue weighted by Gasteiger charge is -2.58. The van der Waals surface area contributed by atoms with Gasteiger partial charge in [-0.15, -0.1) is 0 Å². The van der Waals surface area contributed by atoms with E-state index in [4.69, 9.17) is 0 Å². The zero-order valence-corrected chi connectivity index (χ0v) is 15.7. The van der Waals surface area contributed by atoms with Crippen molar-refractivity contribution in [1.82, 2.24) is 0 Å². The number of hydrogen-bond acceptors (Lipinski definition) is 2. The van der Waals surface area contributed by atoms with Crippen molar-refractivity contribution in [2.24, 2.45) is 40.4 Å². The molecule has 2 nitrogen and oxygen atoms in total. The molecule has 7 atom stereocenters. The van der Waals surface area contributed by atoms with Gasteiger partial charge in [-0.05, 0) is 91.4 Å². The van der Waals surface area contributed by atoms with Gasteiger partial charge in [0.1, 0.15) is 0 Å². The summed E-state index contributed by atoms with van der Waals surface area (Å²) in [6, 6.07) is 0. The first-order valence-corrected chi connectivity index (χ1v) is 10.2. The third-order valence-electron chi connectivity index (χ3n) is 9.01. The van der Waals surface area contributed by atoms with Gasteiger partial charge in [-0.1, -0.05) is 26.3 Å². The first-order chi connectivity index (χ1) is 11.4. The number of fused-ring (bicyclic) bond motifs is 5. The Morgan fingerprint density at radius 1 is 1.12 bits per heavy atom. The topological polar surface area (TPSA) is 37.3 Å². The van der Waals surface area contributed by atoms with Gasteiger partial charge in [0.15, 0.2) is 5.78 Å². The summed E-state index contributed by atoms with van der Waals surface area (Å²) in [5.41, 5.74) is 2.20. The van der Waals surface area contributed by atoms with Crippen molar-refractivity contribution in [1.29, 1.82) is 0 Å². The summed E-state index contributed by atoms with van der Waals surface area (Å²) < 4.78 is 0. The highest BCUT2D eigenvalue weighted by molar-refractivity contribution is 5.91. The predicted molar refractivity (Wildman–Crippen MR) is 96.4 cm³/mol. The Balaban J connectivity index is 1.63. The number of ketones is 1. The fourth-order valence-corrected chi connectivity index (χ4v) is 7.66. The summed E-state index contributed by atoms with van der Waals surface area (Å²) in [6.07, 6.45) is 11.6. The Morgan fingerprint density at radius 2 is 1.92 bits per heavy atom. The first kappa shape index (κ1) is 16.8. The number of carbonyl (C=O) groups excluding carboxylic acids is 1. The van der Waals surface area contributed by atoms with Crippen molar-refractivity contribution in [3.8, 4) is 0 Å². The third-order valence-corrected chi connectivity index (χ3v) is 9.01. The molecule has 0 aliphatic heterocycles. The molecule has 3 saturated carbocycles. The summed E-state index contributed by atoms with van der Waals surface area (Å²) in [5, 5.41) is 9.71. The van der Waals surface area contributed by atoms with E-state index in [1.54, 1.807) is 0 Å². The average molecular weight is 331 g/mol. The van der Waals surface area contributed by atoms with E-state index in [0.717, 1.165) is 37.0 Å². The molecule has 5 unspecified atom stereocenters. The van der Waals surface area contributed by atoms with Crippen molar-refractivity contribution in [2.75, 3.05) is 6.61 Å². The molecule has 24 heavy (non-hydrogen) atoms. The molecule has 4 rings (SSSR count). The molecule has 3 fully saturated rings. The molecular formula is C22H34O2. The summed E-state index contributed by atoms with van der Waals surface area (Å²) >= 11 is 0. The van der Waals surface area contributed by atoms with Gasteiger partial charge in [-0.25, -0.2) is 0 Å². The maximum Gasteiger partial charge on any atom is 0.155 e. The summed E-state index contributed by atoms with van der Waals surface area (Å²) in [5.74, 6) is 3.97. The van der Waals surface area contributed by atoms with Crippen molar-refractivity contribution in [2.45, 2.75) is 72.1 Å². The van der Waals surface area contributed by atoms with Crippen molar-refractivity contribution < 1.29 is 9.90 Å². The molecule has 0 amide bonds. The van der Waals surface area contributed by atoms with Crippen molar-refractivity contribution in [3.05, 3.63) is 11.6 Å². The molecule has 0 bridgehead atoms. The third kappa shape index (κ3) is 2.21. The maximum absolute atomic E-state index is 11.9. The average Bonchev–Trinajstić information content (AvgIpc) is 2.92. The van der Waals surface area contributed by atoms with Gasteiger partial charge >= 0.3 is 0 Å². The molecule has 1 N–H and O–H groups in total. The predicted octanol–water partition coefficient (Wildman–Crippen LogP) is 4.76. The molecule has 134 valence electrons. The Kier molecular flexibility index (Phi) is 3.99. The monoisotopic (exact) mass is 330 g/mol. The van der Waals surface area contributed by atoms with Crippen LogP contribution in [0.1, 0.15) is 72.1 Å². The normalized spacial score (nSPS) is 49.0. The number of aliphatic hydroxyl groups excluding tert-OH is 1. The van der Waals surface area contributed by atoms with Gasteiger partial charge in [0, 0.05) is 13.0 Å².